The van der Waals surface area contributed by atoms with Crippen molar-refractivity contribution in [2.75, 3.05) is 12.9 Å². The Morgan fingerprint density at radius 3 is 2.65 bits per heavy atom. The van der Waals surface area contributed by atoms with Crippen molar-refractivity contribution in [2.24, 2.45) is 0 Å². The Balaban J connectivity index is 1.43. The molecule has 1 aromatic heterocycles. The zero-order chi connectivity index (χ0) is 18.2. The average Bonchev–Trinajstić information content (AvgIpc) is 2.98. The molecule has 3 rings (SSSR count). The number of benzene rings is 1. The van der Waals surface area contributed by atoms with E-state index in [9.17, 15) is 4.79 Å². The van der Waals surface area contributed by atoms with Crippen LogP contribution in [0.3, 0.4) is 0 Å². The first-order valence-corrected chi connectivity index (χ1v) is 10.4. The summed E-state index contributed by atoms with van der Waals surface area (Å²) in [4.78, 5) is 16.6. The second kappa shape index (κ2) is 9.67. The number of methoxy groups -OCH3 is 1. The third-order valence-corrected chi connectivity index (χ3v) is 5.56. The molecule has 1 aliphatic rings. The van der Waals surface area contributed by atoms with Crippen LogP contribution in [0, 0.1) is 0 Å². The van der Waals surface area contributed by atoms with Gasteiger partial charge in [0.2, 0.25) is 11.8 Å². The lowest BCUT2D eigenvalue weighted by Crippen LogP contribution is -2.35. The molecule has 1 heterocycles. The number of hydrogen-bond acceptors (Lipinski definition) is 5. The molecule has 5 nitrogen and oxygen atoms in total. The third kappa shape index (κ3) is 5.53. The molecule has 26 heavy (non-hydrogen) atoms. The molecule has 1 aliphatic carbocycles. The molecule has 0 atom stereocenters. The maximum absolute atomic E-state index is 12.1. The van der Waals surface area contributed by atoms with E-state index in [1.165, 1.54) is 25.7 Å². The summed E-state index contributed by atoms with van der Waals surface area (Å²) in [6, 6.07) is 7.96. The van der Waals surface area contributed by atoms with Gasteiger partial charge in [0.1, 0.15) is 12.0 Å². The van der Waals surface area contributed by atoms with Gasteiger partial charge in [-0.25, -0.2) is 4.98 Å². The summed E-state index contributed by atoms with van der Waals surface area (Å²) in [5.74, 6) is 2.64. The van der Waals surface area contributed by atoms with Gasteiger partial charge in [-0.15, -0.1) is 11.8 Å². The first-order valence-electron chi connectivity index (χ1n) is 9.20. The molecule has 1 aromatic carbocycles. The van der Waals surface area contributed by atoms with E-state index in [2.05, 4.69) is 10.3 Å². The number of carbonyl (C=O) groups excluding carboxylic acids is 1. The number of rotatable bonds is 7. The summed E-state index contributed by atoms with van der Waals surface area (Å²) in [6.45, 7) is 0. The maximum Gasteiger partial charge on any atom is 0.230 e. The molecule has 140 valence electrons. The van der Waals surface area contributed by atoms with Gasteiger partial charge in [-0.2, -0.15) is 0 Å². The summed E-state index contributed by atoms with van der Waals surface area (Å²) in [6.07, 6.45) is 8.94. The highest BCUT2D eigenvalue weighted by atomic mass is 32.2. The van der Waals surface area contributed by atoms with Crippen molar-refractivity contribution in [2.45, 2.75) is 50.3 Å². The summed E-state index contributed by atoms with van der Waals surface area (Å²) in [5, 5.41) is 3.17. The molecule has 0 aliphatic heterocycles. The van der Waals surface area contributed by atoms with Crippen molar-refractivity contribution >= 4 is 17.7 Å². The van der Waals surface area contributed by atoms with E-state index in [1.807, 2.05) is 24.3 Å². The van der Waals surface area contributed by atoms with Crippen LogP contribution < -0.4 is 10.1 Å². The van der Waals surface area contributed by atoms with Gasteiger partial charge in [0, 0.05) is 17.4 Å². The zero-order valence-electron chi connectivity index (χ0n) is 15.2. The largest absolute Gasteiger partial charge is 0.497 e. The number of amides is 1. The second-order valence-corrected chi connectivity index (χ2v) is 7.61. The fourth-order valence-corrected chi connectivity index (χ4v) is 3.89. The SMILES string of the molecule is COc1ccc(-c2nc(CSCC(=O)NC3CCCCCC3)co2)cc1. The van der Waals surface area contributed by atoms with E-state index < -0.39 is 0 Å². The Kier molecular flexibility index (Phi) is 7.00. The summed E-state index contributed by atoms with van der Waals surface area (Å²) in [7, 11) is 1.64. The topological polar surface area (TPSA) is 64.4 Å². The van der Waals surface area contributed by atoms with Gasteiger partial charge >= 0.3 is 0 Å². The number of oxazole rings is 1. The van der Waals surface area contributed by atoms with E-state index in [-0.39, 0.29) is 5.91 Å². The second-order valence-electron chi connectivity index (χ2n) is 6.62. The number of aromatic nitrogens is 1. The molecule has 1 N–H and O–H groups in total. The summed E-state index contributed by atoms with van der Waals surface area (Å²) in [5.41, 5.74) is 1.76. The van der Waals surface area contributed by atoms with Gasteiger partial charge in [-0.1, -0.05) is 25.7 Å². The van der Waals surface area contributed by atoms with Crippen molar-refractivity contribution in [1.82, 2.24) is 10.3 Å². The third-order valence-electron chi connectivity index (χ3n) is 4.59. The standard InChI is InChI=1S/C20H26N2O3S/c1-24-18-10-8-15(9-11-18)20-22-17(12-25-20)13-26-14-19(23)21-16-6-4-2-3-5-7-16/h8-12,16H,2-7,13-14H2,1H3,(H,21,23). The molecule has 0 unspecified atom stereocenters. The van der Waals surface area contributed by atoms with Crippen molar-refractivity contribution in [3.8, 4) is 17.2 Å². The van der Waals surface area contributed by atoms with Gasteiger partial charge in [-0.3, -0.25) is 4.79 Å². The van der Waals surface area contributed by atoms with Crippen LogP contribution in [-0.2, 0) is 10.5 Å². The lowest BCUT2D eigenvalue weighted by molar-refractivity contribution is -0.119. The lowest BCUT2D eigenvalue weighted by atomic mass is 10.1. The number of nitrogens with one attached hydrogen (secondary N) is 1. The Hall–Kier alpha value is -1.95. The fourth-order valence-electron chi connectivity index (χ4n) is 3.18. The molecule has 2 aromatic rings. The fraction of sp³-hybridized carbons (Fsp3) is 0.500. The highest BCUT2D eigenvalue weighted by Gasteiger charge is 2.15. The van der Waals surface area contributed by atoms with Crippen molar-refractivity contribution in [3.63, 3.8) is 0 Å². The summed E-state index contributed by atoms with van der Waals surface area (Å²) >= 11 is 1.57. The molecule has 0 spiro atoms. The molecule has 1 fully saturated rings. The number of thioether (sulfide) groups is 1. The quantitative estimate of drug-likeness (QED) is 0.727. The van der Waals surface area contributed by atoms with Crippen LogP contribution in [0.2, 0.25) is 0 Å². The highest BCUT2D eigenvalue weighted by molar-refractivity contribution is 7.99. The van der Waals surface area contributed by atoms with Crippen LogP contribution in [0.25, 0.3) is 11.5 Å². The Bertz CT molecular complexity index is 691. The van der Waals surface area contributed by atoms with Crippen LogP contribution in [0.5, 0.6) is 5.75 Å². The lowest BCUT2D eigenvalue weighted by Gasteiger charge is -2.15. The minimum Gasteiger partial charge on any atom is -0.497 e. The molecule has 6 heteroatoms. The molecule has 1 amide bonds. The van der Waals surface area contributed by atoms with E-state index in [0.717, 1.165) is 29.8 Å². The van der Waals surface area contributed by atoms with Gasteiger partial charge in [0.15, 0.2) is 0 Å². The van der Waals surface area contributed by atoms with Crippen LogP contribution >= 0.6 is 11.8 Å². The predicted octanol–water partition coefficient (Wildman–Crippen LogP) is 4.42. The monoisotopic (exact) mass is 374 g/mol. The van der Waals surface area contributed by atoms with E-state index in [1.54, 1.807) is 25.1 Å². The van der Waals surface area contributed by atoms with Gasteiger partial charge in [0.25, 0.3) is 0 Å². The maximum atomic E-state index is 12.1. The summed E-state index contributed by atoms with van der Waals surface area (Å²) < 4.78 is 10.7. The van der Waals surface area contributed by atoms with Gasteiger partial charge < -0.3 is 14.5 Å². The smallest absolute Gasteiger partial charge is 0.230 e. The number of nitrogens with zero attached hydrogens (tertiary/aromatic N) is 1. The van der Waals surface area contributed by atoms with Crippen LogP contribution in [0.15, 0.2) is 34.9 Å². The minimum absolute atomic E-state index is 0.126. The zero-order valence-corrected chi connectivity index (χ0v) is 16.0. The molecule has 1 saturated carbocycles. The predicted molar refractivity (Wildman–Crippen MR) is 104 cm³/mol. The van der Waals surface area contributed by atoms with Crippen molar-refractivity contribution < 1.29 is 13.9 Å². The van der Waals surface area contributed by atoms with Gasteiger partial charge in [0.05, 0.1) is 18.6 Å². The molecule has 0 saturated heterocycles. The average molecular weight is 375 g/mol. The first kappa shape index (κ1) is 18.8. The van der Waals surface area contributed by atoms with Crippen LogP contribution in [-0.4, -0.2) is 29.8 Å². The number of hydrogen-bond donors (Lipinski definition) is 1. The van der Waals surface area contributed by atoms with Gasteiger partial charge in [-0.05, 0) is 37.1 Å². The Morgan fingerprint density at radius 2 is 1.96 bits per heavy atom. The normalized spacial score (nSPS) is 15.4. The highest BCUT2D eigenvalue weighted by Crippen LogP contribution is 2.23. The van der Waals surface area contributed by atoms with Crippen molar-refractivity contribution in [1.29, 1.82) is 0 Å². The number of ether oxygens (including phenoxy) is 1. The van der Waals surface area contributed by atoms with E-state index in [4.69, 9.17) is 9.15 Å². The molecular formula is C20H26N2O3S. The Morgan fingerprint density at radius 1 is 1.23 bits per heavy atom. The van der Waals surface area contributed by atoms with E-state index in [0.29, 0.717) is 23.4 Å². The van der Waals surface area contributed by atoms with Crippen molar-refractivity contribution in [3.05, 3.63) is 36.2 Å². The first-order chi connectivity index (χ1) is 12.7. The minimum atomic E-state index is 0.126. The Labute approximate surface area is 158 Å². The number of carbonyl (C=O) groups is 1. The molecular weight excluding hydrogens is 348 g/mol. The van der Waals surface area contributed by atoms with Crippen LogP contribution in [0.4, 0.5) is 0 Å². The van der Waals surface area contributed by atoms with E-state index >= 15 is 0 Å². The molecule has 0 radical (unpaired) electrons. The van der Waals surface area contributed by atoms with Crippen LogP contribution in [0.1, 0.15) is 44.2 Å². The molecule has 0 bridgehead atoms.